The number of aromatic nitrogens is 2. The summed E-state index contributed by atoms with van der Waals surface area (Å²) in [4.78, 5) is 9.13. The Hall–Kier alpha value is -3.08. The van der Waals surface area contributed by atoms with Crippen LogP contribution in [0.5, 0.6) is 11.5 Å². The summed E-state index contributed by atoms with van der Waals surface area (Å²) in [6.07, 6.45) is 0. The van der Waals surface area contributed by atoms with Crippen LogP contribution in [-0.2, 0) is 0 Å². The molecule has 0 radical (unpaired) electrons. The topological polar surface area (TPSA) is 56.3 Å². The molecule has 0 aliphatic carbocycles. The molecular weight excluding hydrogens is 338 g/mol. The Kier molecular flexibility index (Phi) is 5.31. The summed E-state index contributed by atoms with van der Waals surface area (Å²) in [6, 6.07) is 12.0. The Bertz CT molecular complexity index is 984. The summed E-state index contributed by atoms with van der Waals surface area (Å²) in [7, 11) is 3.25. The third kappa shape index (κ3) is 4.03. The lowest BCUT2D eigenvalue weighted by atomic mass is 10.0. The predicted molar refractivity (Wildman–Crippen MR) is 109 cm³/mol. The van der Waals surface area contributed by atoms with Crippen molar-refractivity contribution in [1.29, 1.82) is 0 Å². The number of hydrogen-bond acceptors (Lipinski definition) is 5. The molecule has 1 N–H and O–H groups in total. The van der Waals surface area contributed by atoms with Gasteiger partial charge in [-0.05, 0) is 68.7 Å². The van der Waals surface area contributed by atoms with Crippen LogP contribution in [0.15, 0.2) is 36.4 Å². The predicted octanol–water partition coefficient (Wildman–Crippen LogP) is 5.14. The van der Waals surface area contributed by atoms with Crippen LogP contribution < -0.4 is 14.8 Å². The standard InChI is InChI=1S/C22H25N3O2/c1-13-9-15(3)18(10-14(13)2)25-22-12-19(23-16(4)24-22)17-7-8-20(26-5)21(11-17)27-6/h7-12H,1-6H3,(H,23,24,25). The lowest BCUT2D eigenvalue weighted by Crippen LogP contribution is -2.01. The van der Waals surface area contributed by atoms with E-state index in [4.69, 9.17) is 9.47 Å². The number of benzene rings is 2. The highest BCUT2D eigenvalue weighted by Gasteiger charge is 2.10. The molecule has 2 aromatic carbocycles. The summed E-state index contributed by atoms with van der Waals surface area (Å²) in [5, 5.41) is 3.44. The SMILES string of the molecule is COc1ccc(-c2cc(Nc3cc(C)c(C)cc3C)nc(C)n2)cc1OC. The summed E-state index contributed by atoms with van der Waals surface area (Å²) in [6.45, 7) is 8.22. The van der Waals surface area contributed by atoms with Gasteiger partial charge in [0.25, 0.3) is 0 Å². The fraction of sp³-hybridized carbons (Fsp3) is 0.273. The molecule has 140 valence electrons. The number of methoxy groups -OCH3 is 2. The maximum absolute atomic E-state index is 5.41. The Morgan fingerprint density at radius 1 is 0.741 bits per heavy atom. The van der Waals surface area contributed by atoms with Crippen molar-refractivity contribution in [1.82, 2.24) is 9.97 Å². The molecule has 0 fully saturated rings. The third-order valence-corrected chi connectivity index (χ3v) is 4.62. The van der Waals surface area contributed by atoms with E-state index < -0.39 is 0 Å². The third-order valence-electron chi connectivity index (χ3n) is 4.62. The molecule has 3 aromatic rings. The molecule has 0 amide bonds. The normalized spacial score (nSPS) is 10.6. The maximum atomic E-state index is 5.41. The van der Waals surface area contributed by atoms with Crippen LogP contribution in [0.2, 0.25) is 0 Å². The molecule has 0 atom stereocenters. The zero-order chi connectivity index (χ0) is 19.6. The minimum Gasteiger partial charge on any atom is -0.493 e. The molecule has 0 aliphatic heterocycles. The van der Waals surface area contributed by atoms with Gasteiger partial charge in [0.1, 0.15) is 11.6 Å². The lowest BCUT2D eigenvalue weighted by molar-refractivity contribution is 0.355. The van der Waals surface area contributed by atoms with Gasteiger partial charge in [-0.15, -0.1) is 0 Å². The highest BCUT2D eigenvalue weighted by atomic mass is 16.5. The molecule has 1 heterocycles. The first-order chi connectivity index (χ1) is 12.9. The van der Waals surface area contributed by atoms with E-state index in [0.29, 0.717) is 17.3 Å². The van der Waals surface area contributed by atoms with Crippen LogP contribution >= 0.6 is 0 Å². The van der Waals surface area contributed by atoms with Gasteiger partial charge in [0, 0.05) is 17.3 Å². The van der Waals surface area contributed by atoms with Crippen LogP contribution in [-0.4, -0.2) is 24.2 Å². The highest BCUT2D eigenvalue weighted by Crippen LogP contribution is 2.32. The van der Waals surface area contributed by atoms with Crippen LogP contribution in [0.4, 0.5) is 11.5 Å². The lowest BCUT2D eigenvalue weighted by Gasteiger charge is -2.14. The van der Waals surface area contributed by atoms with Crippen molar-refractivity contribution < 1.29 is 9.47 Å². The van der Waals surface area contributed by atoms with Crippen molar-refractivity contribution in [3.8, 4) is 22.8 Å². The molecule has 3 rings (SSSR count). The fourth-order valence-electron chi connectivity index (χ4n) is 3.01. The molecule has 1 aromatic heterocycles. The number of hydrogen-bond donors (Lipinski definition) is 1. The maximum Gasteiger partial charge on any atom is 0.161 e. The quantitative estimate of drug-likeness (QED) is 0.680. The second-order valence-electron chi connectivity index (χ2n) is 6.63. The van der Waals surface area contributed by atoms with Crippen molar-refractivity contribution >= 4 is 11.5 Å². The van der Waals surface area contributed by atoms with Gasteiger partial charge in [-0.25, -0.2) is 9.97 Å². The van der Waals surface area contributed by atoms with Gasteiger partial charge in [-0.3, -0.25) is 0 Å². The first kappa shape index (κ1) is 18.7. The molecule has 5 heteroatoms. The highest BCUT2D eigenvalue weighted by molar-refractivity contribution is 5.69. The van der Waals surface area contributed by atoms with E-state index in [-0.39, 0.29) is 0 Å². The van der Waals surface area contributed by atoms with Crippen molar-refractivity contribution in [2.75, 3.05) is 19.5 Å². The van der Waals surface area contributed by atoms with Gasteiger partial charge in [-0.1, -0.05) is 6.07 Å². The Morgan fingerprint density at radius 3 is 2.15 bits per heavy atom. The zero-order valence-corrected chi connectivity index (χ0v) is 16.7. The summed E-state index contributed by atoms with van der Waals surface area (Å²) < 4.78 is 10.7. The van der Waals surface area contributed by atoms with E-state index in [1.807, 2.05) is 31.2 Å². The Balaban J connectivity index is 1.99. The molecule has 0 spiro atoms. The average Bonchev–Trinajstić information content (AvgIpc) is 2.65. The van der Waals surface area contributed by atoms with E-state index in [1.54, 1.807) is 14.2 Å². The minimum absolute atomic E-state index is 0.672. The smallest absolute Gasteiger partial charge is 0.161 e. The summed E-state index contributed by atoms with van der Waals surface area (Å²) in [5.41, 5.74) is 6.53. The number of nitrogens with one attached hydrogen (secondary N) is 1. The van der Waals surface area contributed by atoms with E-state index in [9.17, 15) is 0 Å². The molecule has 0 saturated heterocycles. The summed E-state index contributed by atoms with van der Waals surface area (Å²) >= 11 is 0. The largest absolute Gasteiger partial charge is 0.493 e. The molecule has 5 nitrogen and oxygen atoms in total. The van der Waals surface area contributed by atoms with Gasteiger partial charge in [0.05, 0.1) is 19.9 Å². The number of nitrogens with zero attached hydrogens (tertiary/aromatic N) is 2. The zero-order valence-electron chi connectivity index (χ0n) is 16.7. The minimum atomic E-state index is 0.672. The van der Waals surface area contributed by atoms with Crippen molar-refractivity contribution in [2.24, 2.45) is 0 Å². The second-order valence-corrected chi connectivity index (χ2v) is 6.63. The van der Waals surface area contributed by atoms with Crippen molar-refractivity contribution in [3.05, 3.63) is 58.9 Å². The van der Waals surface area contributed by atoms with Crippen LogP contribution in [0.3, 0.4) is 0 Å². The van der Waals surface area contributed by atoms with Crippen LogP contribution in [0, 0.1) is 27.7 Å². The Labute approximate surface area is 160 Å². The molecule has 0 saturated carbocycles. The van der Waals surface area contributed by atoms with Gasteiger partial charge >= 0.3 is 0 Å². The van der Waals surface area contributed by atoms with Crippen molar-refractivity contribution in [2.45, 2.75) is 27.7 Å². The van der Waals surface area contributed by atoms with Crippen LogP contribution in [0.1, 0.15) is 22.5 Å². The Morgan fingerprint density at radius 2 is 1.44 bits per heavy atom. The van der Waals surface area contributed by atoms with Crippen molar-refractivity contribution in [3.63, 3.8) is 0 Å². The first-order valence-corrected chi connectivity index (χ1v) is 8.84. The summed E-state index contributed by atoms with van der Waals surface area (Å²) in [5.74, 6) is 2.83. The van der Waals surface area contributed by atoms with E-state index in [1.165, 1.54) is 16.7 Å². The van der Waals surface area contributed by atoms with E-state index >= 15 is 0 Å². The molecule has 0 aliphatic rings. The van der Waals surface area contributed by atoms with Gasteiger partial charge < -0.3 is 14.8 Å². The number of anilines is 2. The second kappa shape index (κ2) is 7.66. The number of rotatable bonds is 5. The molecule has 0 bridgehead atoms. The molecule has 0 unspecified atom stereocenters. The van der Waals surface area contributed by atoms with Gasteiger partial charge in [-0.2, -0.15) is 0 Å². The monoisotopic (exact) mass is 363 g/mol. The first-order valence-electron chi connectivity index (χ1n) is 8.84. The van der Waals surface area contributed by atoms with E-state index in [0.717, 1.165) is 22.8 Å². The van der Waals surface area contributed by atoms with Crippen LogP contribution in [0.25, 0.3) is 11.3 Å². The number of aryl methyl sites for hydroxylation is 4. The molecule has 27 heavy (non-hydrogen) atoms. The van der Waals surface area contributed by atoms with E-state index in [2.05, 4.69) is 48.2 Å². The van der Waals surface area contributed by atoms with Gasteiger partial charge in [0.15, 0.2) is 11.5 Å². The average molecular weight is 363 g/mol. The fourth-order valence-corrected chi connectivity index (χ4v) is 3.01. The number of ether oxygens (including phenoxy) is 2. The van der Waals surface area contributed by atoms with Gasteiger partial charge in [0.2, 0.25) is 0 Å². The molecular formula is C22H25N3O2.